The standard InChI is InChI=1S/C12H15N3O6S/c1-21-12(16)13-5-7-14(8-6-13)22(19,20)11-4-2-3-10(9-11)15(17)18/h2-4,9H,5-8H2,1H3. The number of amides is 1. The molecule has 0 spiro atoms. The number of nitro groups is 1. The smallest absolute Gasteiger partial charge is 0.409 e. The highest BCUT2D eigenvalue weighted by Crippen LogP contribution is 2.22. The Morgan fingerprint density at radius 1 is 1.27 bits per heavy atom. The molecule has 9 nitrogen and oxygen atoms in total. The van der Waals surface area contributed by atoms with E-state index in [0.29, 0.717) is 0 Å². The second-order valence-electron chi connectivity index (χ2n) is 4.62. The molecule has 1 amide bonds. The van der Waals surface area contributed by atoms with Crippen LogP contribution in [0.25, 0.3) is 0 Å². The minimum Gasteiger partial charge on any atom is -0.453 e. The Morgan fingerprint density at radius 2 is 1.91 bits per heavy atom. The third kappa shape index (κ3) is 3.17. The van der Waals surface area contributed by atoms with Gasteiger partial charge in [-0.1, -0.05) is 6.07 Å². The summed E-state index contributed by atoms with van der Waals surface area (Å²) < 4.78 is 30.7. The molecular weight excluding hydrogens is 314 g/mol. The number of carbonyl (C=O) groups is 1. The van der Waals surface area contributed by atoms with Gasteiger partial charge in [0, 0.05) is 38.3 Å². The predicted molar refractivity (Wildman–Crippen MR) is 75.8 cm³/mol. The molecule has 0 unspecified atom stereocenters. The van der Waals surface area contributed by atoms with Gasteiger partial charge in [-0.05, 0) is 6.07 Å². The first-order valence-electron chi connectivity index (χ1n) is 6.44. The third-order valence-corrected chi connectivity index (χ3v) is 5.23. The molecule has 0 atom stereocenters. The molecule has 0 saturated carbocycles. The van der Waals surface area contributed by atoms with Gasteiger partial charge in [-0.15, -0.1) is 0 Å². The normalized spacial score (nSPS) is 16.3. The van der Waals surface area contributed by atoms with Crippen molar-refractivity contribution in [3.63, 3.8) is 0 Å². The third-order valence-electron chi connectivity index (χ3n) is 3.34. The molecule has 0 bridgehead atoms. The molecule has 22 heavy (non-hydrogen) atoms. The van der Waals surface area contributed by atoms with Crippen molar-refractivity contribution in [2.75, 3.05) is 33.3 Å². The van der Waals surface area contributed by atoms with Crippen molar-refractivity contribution in [3.05, 3.63) is 34.4 Å². The number of ether oxygens (including phenoxy) is 1. The van der Waals surface area contributed by atoms with Crippen molar-refractivity contribution < 1.29 is 22.9 Å². The zero-order chi connectivity index (χ0) is 16.3. The minimum absolute atomic E-state index is 0.111. The molecule has 120 valence electrons. The van der Waals surface area contributed by atoms with Crippen LogP contribution in [0, 0.1) is 10.1 Å². The highest BCUT2D eigenvalue weighted by Gasteiger charge is 2.31. The SMILES string of the molecule is COC(=O)N1CCN(S(=O)(=O)c2cccc([N+](=O)[O-])c2)CC1. The van der Waals surface area contributed by atoms with Gasteiger partial charge >= 0.3 is 6.09 Å². The van der Waals surface area contributed by atoms with E-state index in [1.54, 1.807) is 0 Å². The molecule has 1 aromatic carbocycles. The molecule has 0 radical (unpaired) electrons. The summed E-state index contributed by atoms with van der Waals surface area (Å²) in [5.74, 6) is 0. The average molecular weight is 329 g/mol. The van der Waals surface area contributed by atoms with E-state index in [-0.39, 0.29) is 36.8 Å². The zero-order valence-corrected chi connectivity index (χ0v) is 12.7. The van der Waals surface area contributed by atoms with Crippen LogP contribution in [0.4, 0.5) is 10.5 Å². The van der Waals surface area contributed by atoms with E-state index >= 15 is 0 Å². The van der Waals surface area contributed by atoms with Crippen LogP contribution in [0.1, 0.15) is 0 Å². The van der Waals surface area contributed by atoms with Crippen molar-refractivity contribution in [3.8, 4) is 0 Å². The van der Waals surface area contributed by atoms with Crippen LogP contribution in [0.3, 0.4) is 0 Å². The van der Waals surface area contributed by atoms with Crippen molar-refractivity contribution >= 4 is 21.8 Å². The molecule has 1 aromatic rings. The Balaban J connectivity index is 2.17. The summed E-state index contributed by atoms with van der Waals surface area (Å²) in [6.07, 6.45) is -0.507. The molecule has 2 rings (SSSR count). The van der Waals surface area contributed by atoms with Crippen LogP contribution in [0.5, 0.6) is 0 Å². The monoisotopic (exact) mass is 329 g/mol. The largest absolute Gasteiger partial charge is 0.453 e. The first-order chi connectivity index (χ1) is 10.4. The number of nitrogens with zero attached hydrogens (tertiary/aromatic N) is 3. The summed E-state index contributed by atoms with van der Waals surface area (Å²) in [5.41, 5.74) is -0.283. The van der Waals surface area contributed by atoms with Crippen molar-refractivity contribution in [1.29, 1.82) is 0 Å². The number of hydrogen-bond donors (Lipinski definition) is 0. The lowest BCUT2D eigenvalue weighted by atomic mass is 10.3. The minimum atomic E-state index is -3.82. The van der Waals surface area contributed by atoms with Gasteiger partial charge in [0.05, 0.1) is 16.9 Å². The van der Waals surface area contributed by atoms with E-state index in [4.69, 9.17) is 0 Å². The van der Waals surface area contributed by atoms with Crippen LogP contribution in [0.2, 0.25) is 0 Å². The molecule has 0 aromatic heterocycles. The highest BCUT2D eigenvalue weighted by molar-refractivity contribution is 7.89. The number of rotatable bonds is 3. The Morgan fingerprint density at radius 3 is 2.45 bits per heavy atom. The van der Waals surface area contributed by atoms with Crippen LogP contribution in [-0.2, 0) is 14.8 Å². The maximum atomic E-state index is 12.5. The van der Waals surface area contributed by atoms with Gasteiger partial charge in [-0.3, -0.25) is 10.1 Å². The maximum Gasteiger partial charge on any atom is 0.409 e. The second-order valence-corrected chi connectivity index (χ2v) is 6.55. The number of nitro benzene ring substituents is 1. The zero-order valence-electron chi connectivity index (χ0n) is 11.8. The van der Waals surface area contributed by atoms with Crippen LogP contribution in [-0.4, -0.2) is 61.9 Å². The molecule has 1 fully saturated rings. The van der Waals surface area contributed by atoms with E-state index in [2.05, 4.69) is 4.74 Å². The summed E-state index contributed by atoms with van der Waals surface area (Å²) in [7, 11) is -2.57. The summed E-state index contributed by atoms with van der Waals surface area (Å²) in [5, 5.41) is 10.7. The van der Waals surface area contributed by atoms with E-state index in [1.807, 2.05) is 0 Å². The molecule has 1 aliphatic heterocycles. The quantitative estimate of drug-likeness (QED) is 0.595. The van der Waals surface area contributed by atoms with Crippen molar-refractivity contribution in [1.82, 2.24) is 9.21 Å². The summed E-state index contributed by atoms with van der Waals surface area (Å²) in [4.78, 5) is 22.7. The van der Waals surface area contributed by atoms with E-state index in [9.17, 15) is 23.3 Å². The summed E-state index contributed by atoms with van der Waals surface area (Å²) in [6, 6.07) is 4.90. The number of benzene rings is 1. The van der Waals surface area contributed by atoms with Crippen LogP contribution >= 0.6 is 0 Å². The molecule has 0 aliphatic carbocycles. The first kappa shape index (κ1) is 16.2. The van der Waals surface area contributed by atoms with E-state index in [1.165, 1.54) is 34.5 Å². The lowest BCUT2D eigenvalue weighted by molar-refractivity contribution is -0.385. The van der Waals surface area contributed by atoms with Crippen molar-refractivity contribution in [2.45, 2.75) is 4.90 Å². The predicted octanol–water partition coefficient (Wildman–Crippen LogP) is 0.667. The van der Waals surface area contributed by atoms with Gasteiger partial charge in [0.1, 0.15) is 0 Å². The number of non-ortho nitro benzene ring substituents is 1. The van der Waals surface area contributed by atoms with E-state index < -0.39 is 21.0 Å². The highest BCUT2D eigenvalue weighted by atomic mass is 32.2. The maximum absolute atomic E-state index is 12.5. The van der Waals surface area contributed by atoms with Gasteiger partial charge < -0.3 is 9.64 Å². The first-order valence-corrected chi connectivity index (χ1v) is 7.88. The Bertz CT molecular complexity index is 682. The van der Waals surface area contributed by atoms with Gasteiger partial charge in [0.2, 0.25) is 10.0 Å². The molecular formula is C12H15N3O6S. The van der Waals surface area contributed by atoms with Gasteiger partial charge in [0.15, 0.2) is 0 Å². The molecule has 10 heteroatoms. The fraction of sp³-hybridized carbons (Fsp3) is 0.417. The van der Waals surface area contributed by atoms with Gasteiger partial charge in [-0.25, -0.2) is 13.2 Å². The summed E-state index contributed by atoms with van der Waals surface area (Å²) >= 11 is 0. The fourth-order valence-corrected chi connectivity index (χ4v) is 3.61. The summed E-state index contributed by atoms with van der Waals surface area (Å²) in [6.45, 7) is 0.641. The van der Waals surface area contributed by atoms with Gasteiger partial charge in [0.25, 0.3) is 5.69 Å². The fourth-order valence-electron chi connectivity index (χ4n) is 2.15. The number of carbonyl (C=O) groups excluding carboxylic acids is 1. The number of methoxy groups -OCH3 is 1. The Hall–Kier alpha value is -2.20. The Kier molecular flexibility index (Phi) is 4.62. The average Bonchev–Trinajstić information content (AvgIpc) is 2.54. The lowest BCUT2D eigenvalue weighted by Gasteiger charge is -2.32. The van der Waals surface area contributed by atoms with E-state index in [0.717, 1.165) is 6.07 Å². The van der Waals surface area contributed by atoms with Gasteiger partial charge in [-0.2, -0.15) is 4.31 Å². The Labute approximate surface area is 127 Å². The molecule has 1 heterocycles. The van der Waals surface area contributed by atoms with Crippen LogP contribution < -0.4 is 0 Å². The topological polar surface area (TPSA) is 110 Å². The second kappa shape index (κ2) is 6.28. The molecule has 0 N–H and O–H groups in total. The van der Waals surface area contributed by atoms with Crippen molar-refractivity contribution in [2.24, 2.45) is 0 Å². The molecule has 1 saturated heterocycles. The van der Waals surface area contributed by atoms with Crippen LogP contribution in [0.15, 0.2) is 29.2 Å². The number of piperazine rings is 1. The number of hydrogen-bond acceptors (Lipinski definition) is 6. The lowest BCUT2D eigenvalue weighted by Crippen LogP contribution is -2.50. The molecule has 1 aliphatic rings. The number of sulfonamides is 1.